The molecule has 0 fully saturated rings. The number of nitrogens with one attached hydrogen (secondary N) is 2. The number of hydrogen-bond acceptors (Lipinski definition) is 3. The fourth-order valence-electron chi connectivity index (χ4n) is 2.08. The van der Waals surface area contributed by atoms with Crippen molar-refractivity contribution in [3.63, 3.8) is 0 Å². The Bertz CT molecular complexity index is 802. The zero-order valence-corrected chi connectivity index (χ0v) is 14.3. The van der Waals surface area contributed by atoms with E-state index >= 15 is 0 Å². The van der Waals surface area contributed by atoms with Gasteiger partial charge in [0.1, 0.15) is 5.75 Å². The third kappa shape index (κ3) is 5.70. The van der Waals surface area contributed by atoms with Gasteiger partial charge in [-0.25, -0.2) is 4.79 Å². The molecule has 0 spiro atoms. The van der Waals surface area contributed by atoms with Gasteiger partial charge in [0.2, 0.25) is 0 Å². The lowest BCUT2D eigenvalue weighted by Crippen LogP contribution is -2.29. The monoisotopic (exact) mass is 336 g/mol. The van der Waals surface area contributed by atoms with E-state index < -0.39 is 0 Å². The number of carbonyl (C=O) groups is 2. The quantitative estimate of drug-likeness (QED) is 0.649. The van der Waals surface area contributed by atoms with Crippen LogP contribution in [0.5, 0.6) is 5.75 Å². The molecule has 0 unspecified atom stereocenters. The lowest BCUT2D eigenvalue weighted by molar-refractivity contribution is 0.101. The average molecular weight is 336 g/mol. The number of benzene rings is 2. The van der Waals surface area contributed by atoms with Crippen molar-refractivity contribution in [3.05, 3.63) is 59.7 Å². The van der Waals surface area contributed by atoms with Gasteiger partial charge in [0.25, 0.3) is 0 Å². The zero-order valence-electron chi connectivity index (χ0n) is 14.3. The van der Waals surface area contributed by atoms with Crippen molar-refractivity contribution >= 4 is 17.5 Å². The number of ketones is 1. The molecule has 0 saturated heterocycles. The van der Waals surface area contributed by atoms with Crippen LogP contribution in [0.25, 0.3) is 0 Å². The highest BCUT2D eigenvalue weighted by Gasteiger charge is 2.05. The maximum Gasteiger partial charge on any atom is 0.320 e. The van der Waals surface area contributed by atoms with Crippen molar-refractivity contribution in [1.29, 1.82) is 0 Å². The highest BCUT2D eigenvalue weighted by Crippen LogP contribution is 2.23. The summed E-state index contributed by atoms with van der Waals surface area (Å²) in [6.45, 7) is 4.13. The molecule has 0 aromatic heterocycles. The van der Waals surface area contributed by atoms with Crippen molar-refractivity contribution in [2.75, 3.05) is 18.5 Å². The number of amides is 2. The summed E-state index contributed by atoms with van der Waals surface area (Å²) < 4.78 is 5.45. The van der Waals surface area contributed by atoms with Gasteiger partial charge in [-0.05, 0) is 38.1 Å². The van der Waals surface area contributed by atoms with Gasteiger partial charge in [-0.3, -0.25) is 4.79 Å². The maximum absolute atomic E-state index is 11.9. The Hall–Kier alpha value is -3.26. The Morgan fingerprint density at radius 2 is 1.80 bits per heavy atom. The van der Waals surface area contributed by atoms with Gasteiger partial charge in [-0.1, -0.05) is 36.1 Å². The van der Waals surface area contributed by atoms with Crippen LogP contribution in [0.3, 0.4) is 0 Å². The second kappa shape index (κ2) is 9.14. The average Bonchev–Trinajstić information content (AvgIpc) is 2.61. The second-order valence-electron chi connectivity index (χ2n) is 5.17. The van der Waals surface area contributed by atoms with E-state index in [-0.39, 0.29) is 18.4 Å². The fourth-order valence-corrected chi connectivity index (χ4v) is 2.08. The lowest BCUT2D eigenvalue weighted by Gasteiger charge is -2.11. The predicted molar refractivity (Wildman–Crippen MR) is 98.0 cm³/mol. The Morgan fingerprint density at radius 3 is 2.48 bits per heavy atom. The Kier molecular flexibility index (Phi) is 6.61. The third-order valence-corrected chi connectivity index (χ3v) is 3.30. The summed E-state index contributed by atoms with van der Waals surface area (Å²) in [6, 6.07) is 13.9. The molecule has 25 heavy (non-hydrogen) atoms. The van der Waals surface area contributed by atoms with Crippen molar-refractivity contribution in [2.45, 2.75) is 13.8 Å². The summed E-state index contributed by atoms with van der Waals surface area (Å²) in [4.78, 5) is 23.1. The number of hydrogen-bond donors (Lipinski definition) is 2. The number of rotatable bonds is 5. The number of carbonyl (C=O) groups excluding carboxylic acids is 2. The summed E-state index contributed by atoms with van der Waals surface area (Å²) in [7, 11) is 0. The van der Waals surface area contributed by atoms with E-state index in [2.05, 4.69) is 22.5 Å². The maximum atomic E-state index is 11.9. The number of anilines is 1. The molecule has 0 bridgehead atoms. The van der Waals surface area contributed by atoms with Crippen LogP contribution >= 0.6 is 0 Å². The molecule has 5 heteroatoms. The van der Waals surface area contributed by atoms with Gasteiger partial charge in [0, 0.05) is 11.1 Å². The molecule has 0 saturated carbocycles. The molecule has 2 amide bonds. The third-order valence-electron chi connectivity index (χ3n) is 3.30. The van der Waals surface area contributed by atoms with Crippen LogP contribution in [0.1, 0.15) is 29.8 Å². The molecule has 0 aliphatic carbocycles. The summed E-state index contributed by atoms with van der Waals surface area (Å²) in [6.07, 6.45) is 0. The van der Waals surface area contributed by atoms with E-state index in [0.717, 1.165) is 5.56 Å². The molecule has 2 aromatic rings. The van der Waals surface area contributed by atoms with E-state index in [0.29, 0.717) is 23.6 Å². The molecular formula is C20H20N2O3. The minimum atomic E-state index is -0.353. The summed E-state index contributed by atoms with van der Waals surface area (Å²) in [5.41, 5.74) is 2.04. The number of ether oxygens (including phenoxy) is 1. The van der Waals surface area contributed by atoms with E-state index in [1.165, 1.54) is 6.92 Å². The van der Waals surface area contributed by atoms with Gasteiger partial charge in [-0.2, -0.15) is 0 Å². The molecule has 5 nitrogen and oxygen atoms in total. The molecule has 0 aliphatic rings. The van der Waals surface area contributed by atoms with Crippen LogP contribution in [0.15, 0.2) is 48.5 Å². The summed E-state index contributed by atoms with van der Waals surface area (Å²) in [5.74, 6) is 6.44. The van der Waals surface area contributed by atoms with E-state index in [9.17, 15) is 9.59 Å². The first-order chi connectivity index (χ1) is 12.1. The molecule has 2 aromatic carbocycles. The topological polar surface area (TPSA) is 67.4 Å². The number of urea groups is 1. The fraction of sp³-hybridized carbons (Fsp3) is 0.200. The van der Waals surface area contributed by atoms with Crippen LogP contribution in [-0.4, -0.2) is 25.0 Å². The van der Waals surface area contributed by atoms with Gasteiger partial charge in [0.05, 0.1) is 18.8 Å². The van der Waals surface area contributed by atoms with Crippen molar-refractivity contribution < 1.29 is 14.3 Å². The van der Waals surface area contributed by atoms with Crippen LogP contribution in [-0.2, 0) is 0 Å². The Labute approximate surface area is 147 Å². The van der Waals surface area contributed by atoms with Crippen molar-refractivity contribution in [1.82, 2.24) is 5.32 Å². The van der Waals surface area contributed by atoms with Crippen LogP contribution < -0.4 is 15.4 Å². The lowest BCUT2D eigenvalue weighted by atomic mass is 10.1. The normalized spacial score (nSPS) is 9.52. The first-order valence-electron chi connectivity index (χ1n) is 7.96. The highest BCUT2D eigenvalue weighted by molar-refractivity contribution is 5.94. The van der Waals surface area contributed by atoms with E-state index in [1.807, 2.05) is 19.1 Å². The molecule has 0 heterocycles. The van der Waals surface area contributed by atoms with E-state index in [1.54, 1.807) is 36.4 Å². The van der Waals surface area contributed by atoms with Crippen molar-refractivity contribution in [3.8, 4) is 17.6 Å². The Morgan fingerprint density at radius 1 is 1.08 bits per heavy atom. The minimum absolute atomic E-state index is 0.0187. The first-order valence-corrected chi connectivity index (χ1v) is 7.96. The molecule has 0 radical (unpaired) electrons. The highest BCUT2D eigenvalue weighted by atomic mass is 16.5. The molecule has 2 N–H and O–H groups in total. The Balaban J connectivity index is 1.86. The molecular weight excluding hydrogens is 316 g/mol. The van der Waals surface area contributed by atoms with Crippen LogP contribution in [0.2, 0.25) is 0 Å². The number of para-hydroxylation sites is 2. The summed E-state index contributed by atoms with van der Waals surface area (Å²) in [5, 5.41) is 5.40. The van der Waals surface area contributed by atoms with Gasteiger partial charge in [-0.15, -0.1) is 0 Å². The molecule has 2 rings (SSSR count). The smallest absolute Gasteiger partial charge is 0.320 e. The van der Waals surface area contributed by atoms with E-state index in [4.69, 9.17) is 4.74 Å². The minimum Gasteiger partial charge on any atom is -0.492 e. The standard InChI is InChI=1S/C20H20N2O3/c1-3-25-19-9-5-4-8-18(19)22-20(24)21-14-6-7-16-10-12-17(13-11-16)15(2)23/h4-5,8-13H,3,14H2,1-2H3,(H2,21,22,24). The summed E-state index contributed by atoms with van der Waals surface area (Å²) >= 11 is 0. The van der Waals surface area contributed by atoms with Gasteiger partial charge in [0.15, 0.2) is 5.78 Å². The molecule has 0 aliphatic heterocycles. The van der Waals surface area contributed by atoms with Crippen LogP contribution in [0, 0.1) is 11.8 Å². The zero-order chi connectivity index (χ0) is 18.1. The largest absolute Gasteiger partial charge is 0.492 e. The predicted octanol–water partition coefficient (Wildman–Crippen LogP) is 3.46. The van der Waals surface area contributed by atoms with Gasteiger partial charge < -0.3 is 15.4 Å². The number of Topliss-reactive ketones (excluding diaryl/α,β-unsaturated/α-hetero) is 1. The second-order valence-corrected chi connectivity index (χ2v) is 5.17. The van der Waals surface area contributed by atoms with Crippen LogP contribution in [0.4, 0.5) is 10.5 Å². The van der Waals surface area contributed by atoms with Crippen molar-refractivity contribution in [2.24, 2.45) is 0 Å². The van der Waals surface area contributed by atoms with Gasteiger partial charge >= 0.3 is 6.03 Å². The molecule has 0 atom stereocenters. The first kappa shape index (κ1) is 18.1. The molecule has 128 valence electrons. The SMILES string of the molecule is CCOc1ccccc1NC(=O)NCC#Cc1ccc(C(C)=O)cc1.